The van der Waals surface area contributed by atoms with Gasteiger partial charge in [0.1, 0.15) is 5.82 Å². The predicted molar refractivity (Wildman–Crippen MR) is 91.1 cm³/mol. The monoisotopic (exact) mass is 328 g/mol. The third-order valence-electron chi connectivity index (χ3n) is 3.65. The standard InChI is InChI=1S/C19H21FN2O2/c1-14(13-15-7-9-17(20)10-8-15)18(23)21-11-12-22-19(24)16-5-3-2-4-6-16/h2-10,14H,11-13H2,1H3,(H,21,23)(H,22,24). The molecule has 1 atom stereocenters. The van der Waals surface area contributed by atoms with Crippen LogP contribution in [0.4, 0.5) is 4.39 Å². The molecule has 2 aromatic rings. The third kappa shape index (κ3) is 5.50. The van der Waals surface area contributed by atoms with Crippen molar-refractivity contribution >= 4 is 11.8 Å². The van der Waals surface area contributed by atoms with Gasteiger partial charge in [-0.15, -0.1) is 0 Å². The van der Waals surface area contributed by atoms with Gasteiger partial charge in [0.15, 0.2) is 0 Å². The fourth-order valence-electron chi connectivity index (χ4n) is 2.29. The van der Waals surface area contributed by atoms with Crippen LogP contribution >= 0.6 is 0 Å². The second-order valence-corrected chi connectivity index (χ2v) is 5.64. The van der Waals surface area contributed by atoms with Crippen LogP contribution in [0.5, 0.6) is 0 Å². The first-order chi connectivity index (χ1) is 11.6. The summed E-state index contributed by atoms with van der Waals surface area (Å²) in [6, 6.07) is 15.1. The molecule has 0 aromatic heterocycles. The Labute approximate surface area is 141 Å². The van der Waals surface area contributed by atoms with Gasteiger partial charge in [0.25, 0.3) is 5.91 Å². The summed E-state index contributed by atoms with van der Waals surface area (Å²) in [5, 5.41) is 5.55. The van der Waals surface area contributed by atoms with E-state index in [-0.39, 0.29) is 23.5 Å². The highest BCUT2D eigenvalue weighted by molar-refractivity contribution is 5.94. The van der Waals surface area contributed by atoms with E-state index in [1.807, 2.05) is 13.0 Å². The number of halogens is 1. The van der Waals surface area contributed by atoms with E-state index >= 15 is 0 Å². The van der Waals surface area contributed by atoms with Gasteiger partial charge in [-0.3, -0.25) is 9.59 Å². The van der Waals surface area contributed by atoms with Crippen LogP contribution in [0.3, 0.4) is 0 Å². The van der Waals surface area contributed by atoms with Crippen LogP contribution in [-0.4, -0.2) is 24.9 Å². The summed E-state index contributed by atoms with van der Waals surface area (Å²) in [5.41, 5.74) is 1.50. The number of nitrogens with one attached hydrogen (secondary N) is 2. The minimum atomic E-state index is -0.287. The summed E-state index contributed by atoms with van der Waals surface area (Å²) in [4.78, 5) is 23.9. The number of amides is 2. The van der Waals surface area contributed by atoms with E-state index in [1.165, 1.54) is 12.1 Å². The van der Waals surface area contributed by atoms with Crippen LogP contribution in [0, 0.1) is 11.7 Å². The molecule has 2 aromatic carbocycles. The van der Waals surface area contributed by atoms with Gasteiger partial charge >= 0.3 is 0 Å². The maximum atomic E-state index is 12.9. The normalized spacial score (nSPS) is 11.6. The number of carbonyl (C=O) groups excluding carboxylic acids is 2. The zero-order chi connectivity index (χ0) is 17.4. The minimum Gasteiger partial charge on any atom is -0.354 e. The fraction of sp³-hybridized carbons (Fsp3) is 0.263. The van der Waals surface area contributed by atoms with E-state index in [4.69, 9.17) is 0 Å². The molecule has 0 saturated carbocycles. The predicted octanol–water partition coefficient (Wildman–Crippen LogP) is 2.55. The lowest BCUT2D eigenvalue weighted by molar-refractivity contribution is -0.124. The second-order valence-electron chi connectivity index (χ2n) is 5.64. The molecule has 0 aliphatic heterocycles. The molecule has 0 heterocycles. The molecule has 0 radical (unpaired) electrons. The number of rotatable bonds is 7. The molecule has 24 heavy (non-hydrogen) atoms. The van der Waals surface area contributed by atoms with Crippen molar-refractivity contribution in [2.45, 2.75) is 13.3 Å². The Morgan fingerprint density at radius 2 is 1.58 bits per heavy atom. The van der Waals surface area contributed by atoms with Crippen molar-refractivity contribution in [3.63, 3.8) is 0 Å². The van der Waals surface area contributed by atoms with Gasteiger partial charge in [-0.2, -0.15) is 0 Å². The second kappa shape index (κ2) is 8.82. The smallest absolute Gasteiger partial charge is 0.251 e. The number of carbonyl (C=O) groups is 2. The highest BCUT2D eigenvalue weighted by Gasteiger charge is 2.13. The van der Waals surface area contributed by atoms with Crippen molar-refractivity contribution < 1.29 is 14.0 Å². The largest absolute Gasteiger partial charge is 0.354 e. The first-order valence-electron chi connectivity index (χ1n) is 7.91. The van der Waals surface area contributed by atoms with Gasteiger partial charge in [0.2, 0.25) is 5.91 Å². The van der Waals surface area contributed by atoms with Crippen LogP contribution in [0.25, 0.3) is 0 Å². The Bertz CT molecular complexity index is 672. The molecule has 2 rings (SSSR count). The maximum absolute atomic E-state index is 12.9. The molecule has 2 amide bonds. The lowest BCUT2D eigenvalue weighted by Crippen LogP contribution is -2.37. The van der Waals surface area contributed by atoms with Gasteiger partial charge in [-0.25, -0.2) is 4.39 Å². The summed E-state index contributed by atoms with van der Waals surface area (Å²) in [6.45, 7) is 2.55. The van der Waals surface area contributed by atoms with E-state index in [0.717, 1.165) is 5.56 Å². The lowest BCUT2D eigenvalue weighted by Gasteiger charge is -2.13. The molecule has 126 valence electrons. The molecule has 0 fully saturated rings. The summed E-state index contributed by atoms with van der Waals surface area (Å²) in [7, 11) is 0. The van der Waals surface area contributed by atoms with E-state index < -0.39 is 0 Å². The SMILES string of the molecule is CC(Cc1ccc(F)cc1)C(=O)NCCNC(=O)c1ccccc1. The molecule has 1 unspecified atom stereocenters. The van der Waals surface area contributed by atoms with Gasteiger partial charge in [0.05, 0.1) is 0 Å². The fourth-order valence-corrected chi connectivity index (χ4v) is 2.29. The van der Waals surface area contributed by atoms with Crippen LogP contribution < -0.4 is 10.6 Å². The number of hydrogen-bond acceptors (Lipinski definition) is 2. The van der Waals surface area contributed by atoms with Crippen LogP contribution in [-0.2, 0) is 11.2 Å². The third-order valence-corrected chi connectivity index (χ3v) is 3.65. The van der Waals surface area contributed by atoms with Crippen LogP contribution in [0.2, 0.25) is 0 Å². The molecule has 0 bridgehead atoms. The minimum absolute atomic E-state index is 0.0896. The maximum Gasteiger partial charge on any atom is 0.251 e. The Morgan fingerprint density at radius 3 is 2.25 bits per heavy atom. The van der Waals surface area contributed by atoms with Crippen molar-refractivity contribution in [2.24, 2.45) is 5.92 Å². The average molecular weight is 328 g/mol. The quantitative estimate of drug-likeness (QED) is 0.768. The molecule has 0 aliphatic rings. The zero-order valence-corrected chi connectivity index (χ0v) is 13.6. The molecule has 2 N–H and O–H groups in total. The van der Waals surface area contributed by atoms with Crippen LogP contribution in [0.15, 0.2) is 54.6 Å². The Hall–Kier alpha value is -2.69. The Kier molecular flexibility index (Phi) is 6.49. The summed E-state index contributed by atoms with van der Waals surface area (Å²) >= 11 is 0. The first-order valence-corrected chi connectivity index (χ1v) is 7.91. The van der Waals surface area contributed by atoms with E-state index in [1.54, 1.807) is 36.4 Å². The van der Waals surface area contributed by atoms with E-state index in [2.05, 4.69) is 10.6 Å². The topological polar surface area (TPSA) is 58.2 Å². The molecule has 5 heteroatoms. The van der Waals surface area contributed by atoms with Crippen molar-refractivity contribution in [3.05, 3.63) is 71.5 Å². The summed E-state index contributed by atoms with van der Waals surface area (Å²) in [5.74, 6) is -0.761. The van der Waals surface area contributed by atoms with E-state index in [0.29, 0.717) is 25.1 Å². The number of benzene rings is 2. The number of hydrogen-bond donors (Lipinski definition) is 2. The Balaban J connectivity index is 1.69. The first kappa shape index (κ1) is 17.7. The molecular formula is C19H21FN2O2. The molecule has 0 saturated heterocycles. The van der Waals surface area contributed by atoms with Gasteiger partial charge in [0, 0.05) is 24.6 Å². The molecular weight excluding hydrogens is 307 g/mol. The average Bonchev–Trinajstić information content (AvgIpc) is 2.61. The van der Waals surface area contributed by atoms with Gasteiger partial charge in [-0.1, -0.05) is 37.3 Å². The Morgan fingerprint density at radius 1 is 0.958 bits per heavy atom. The molecule has 0 spiro atoms. The van der Waals surface area contributed by atoms with Crippen molar-refractivity contribution in [1.29, 1.82) is 0 Å². The molecule has 4 nitrogen and oxygen atoms in total. The van der Waals surface area contributed by atoms with Crippen molar-refractivity contribution in [3.8, 4) is 0 Å². The zero-order valence-electron chi connectivity index (χ0n) is 13.6. The lowest BCUT2D eigenvalue weighted by atomic mass is 10.0. The highest BCUT2D eigenvalue weighted by Crippen LogP contribution is 2.09. The summed E-state index contributed by atoms with van der Waals surface area (Å²) in [6.07, 6.45) is 0.544. The van der Waals surface area contributed by atoms with Crippen molar-refractivity contribution in [2.75, 3.05) is 13.1 Å². The highest BCUT2D eigenvalue weighted by atomic mass is 19.1. The molecule has 0 aliphatic carbocycles. The van der Waals surface area contributed by atoms with Crippen LogP contribution in [0.1, 0.15) is 22.8 Å². The van der Waals surface area contributed by atoms with E-state index in [9.17, 15) is 14.0 Å². The van der Waals surface area contributed by atoms with Gasteiger partial charge < -0.3 is 10.6 Å². The van der Waals surface area contributed by atoms with Gasteiger partial charge in [-0.05, 0) is 36.2 Å². The van der Waals surface area contributed by atoms with Crippen molar-refractivity contribution in [1.82, 2.24) is 10.6 Å². The summed E-state index contributed by atoms with van der Waals surface area (Å²) < 4.78 is 12.9.